The van der Waals surface area contributed by atoms with Crippen molar-refractivity contribution in [3.05, 3.63) is 32.7 Å². The van der Waals surface area contributed by atoms with Gasteiger partial charge in [0.05, 0.1) is 29.2 Å². The Hall–Kier alpha value is -1.67. The summed E-state index contributed by atoms with van der Waals surface area (Å²) in [4.78, 5) is 38.2. The lowest BCUT2D eigenvalue weighted by atomic mass is 10.1. The summed E-state index contributed by atoms with van der Waals surface area (Å²) in [6, 6.07) is 1.45. The summed E-state index contributed by atoms with van der Waals surface area (Å²) in [6.45, 7) is 0.918. The van der Waals surface area contributed by atoms with Crippen LogP contribution in [0.25, 0.3) is 0 Å². The standard InChI is InChI=1S/C12H13BrN2O5/c13-9-3-7(5-14-11(9)18)12(19)15-1-2-20-8(6-15)4-10(16)17/h3,5,8H,1-2,4,6H2,(H,14,18)(H,16,17). The van der Waals surface area contributed by atoms with Crippen LogP contribution >= 0.6 is 15.9 Å². The van der Waals surface area contributed by atoms with E-state index in [0.717, 1.165) is 0 Å². The van der Waals surface area contributed by atoms with Crippen LogP contribution < -0.4 is 5.56 Å². The number of halogens is 1. The number of H-pyrrole nitrogens is 1. The second-order valence-electron chi connectivity index (χ2n) is 4.41. The number of amides is 1. The molecule has 20 heavy (non-hydrogen) atoms. The summed E-state index contributed by atoms with van der Waals surface area (Å²) in [7, 11) is 0. The average Bonchev–Trinajstić information content (AvgIpc) is 2.40. The molecule has 1 unspecified atom stereocenters. The van der Waals surface area contributed by atoms with Gasteiger partial charge in [-0.05, 0) is 22.0 Å². The summed E-state index contributed by atoms with van der Waals surface area (Å²) in [6.07, 6.45) is 0.701. The molecule has 1 amide bonds. The smallest absolute Gasteiger partial charge is 0.306 e. The highest BCUT2D eigenvalue weighted by Gasteiger charge is 2.26. The molecule has 0 aromatic carbocycles. The van der Waals surface area contributed by atoms with Crippen LogP contribution in [0.3, 0.4) is 0 Å². The van der Waals surface area contributed by atoms with Gasteiger partial charge >= 0.3 is 5.97 Å². The first kappa shape index (κ1) is 14.7. The number of nitrogens with zero attached hydrogens (tertiary/aromatic N) is 1. The number of morpholine rings is 1. The van der Waals surface area contributed by atoms with Gasteiger partial charge in [-0.25, -0.2) is 0 Å². The SMILES string of the molecule is O=C(O)CC1CN(C(=O)c2c[nH]c(=O)c(Br)c2)CCO1. The van der Waals surface area contributed by atoms with Gasteiger partial charge < -0.3 is 19.7 Å². The van der Waals surface area contributed by atoms with Crippen LogP contribution in [0.2, 0.25) is 0 Å². The van der Waals surface area contributed by atoms with E-state index in [1.54, 1.807) is 0 Å². The molecule has 0 spiro atoms. The van der Waals surface area contributed by atoms with E-state index in [1.807, 2.05) is 0 Å². The molecule has 1 fully saturated rings. The molecule has 7 nitrogen and oxygen atoms in total. The zero-order chi connectivity index (χ0) is 14.7. The fourth-order valence-electron chi connectivity index (χ4n) is 1.98. The van der Waals surface area contributed by atoms with Crippen molar-refractivity contribution >= 4 is 27.8 Å². The van der Waals surface area contributed by atoms with Gasteiger partial charge in [0.15, 0.2) is 0 Å². The molecular formula is C12H13BrN2O5. The van der Waals surface area contributed by atoms with E-state index in [1.165, 1.54) is 17.2 Å². The molecule has 1 aliphatic rings. The summed E-state index contributed by atoms with van der Waals surface area (Å²) < 4.78 is 5.58. The monoisotopic (exact) mass is 344 g/mol. The molecular weight excluding hydrogens is 332 g/mol. The molecule has 8 heteroatoms. The zero-order valence-electron chi connectivity index (χ0n) is 10.5. The Kier molecular flexibility index (Phi) is 4.56. The van der Waals surface area contributed by atoms with E-state index >= 15 is 0 Å². The molecule has 1 saturated heterocycles. The number of pyridine rings is 1. The van der Waals surface area contributed by atoms with Crippen molar-refractivity contribution in [3.63, 3.8) is 0 Å². The Labute approximate surface area is 122 Å². The fraction of sp³-hybridized carbons (Fsp3) is 0.417. The van der Waals surface area contributed by atoms with Crippen LogP contribution in [0.15, 0.2) is 21.5 Å². The fourth-order valence-corrected chi connectivity index (χ4v) is 2.35. The van der Waals surface area contributed by atoms with Crippen LogP contribution in [-0.4, -0.2) is 52.7 Å². The Morgan fingerprint density at radius 1 is 1.55 bits per heavy atom. The van der Waals surface area contributed by atoms with Crippen LogP contribution in [0.4, 0.5) is 0 Å². The molecule has 108 valence electrons. The normalized spacial score (nSPS) is 18.9. The maximum atomic E-state index is 12.3. The Bertz CT molecular complexity index is 585. The van der Waals surface area contributed by atoms with Crippen molar-refractivity contribution in [2.75, 3.05) is 19.7 Å². The molecule has 2 heterocycles. The maximum absolute atomic E-state index is 12.3. The summed E-state index contributed by atoms with van der Waals surface area (Å²) in [5.41, 5.74) is 0.0275. The van der Waals surface area contributed by atoms with E-state index in [9.17, 15) is 14.4 Å². The van der Waals surface area contributed by atoms with Gasteiger partial charge in [0.25, 0.3) is 11.5 Å². The number of nitrogens with one attached hydrogen (secondary N) is 1. The van der Waals surface area contributed by atoms with E-state index in [0.29, 0.717) is 18.7 Å². The second-order valence-corrected chi connectivity index (χ2v) is 5.26. The predicted molar refractivity (Wildman–Crippen MR) is 72.7 cm³/mol. The first-order valence-corrected chi connectivity index (χ1v) is 6.77. The number of aromatic amines is 1. The van der Waals surface area contributed by atoms with Gasteiger partial charge in [0, 0.05) is 19.3 Å². The van der Waals surface area contributed by atoms with Crippen LogP contribution in [-0.2, 0) is 9.53 Å². The highest BCUT2D eigenvalue weighted by molar-refractivity contribution is 9.10. The van der Waals surface area contributed by atoms with Gasteiger partial charge in [0.2, 0.25) is 0 Å². The topological polar surface area (TPSA) is 99.7 Å². The number of carbonyl (C=O) groups is 2. The third kappa shape index (κ3) is 3.45. The van der Waals surface area contributed by atoms with Crippen molar-refractivity contribution in [3.8, 4) is 0 Å². The van der Waals surface area contributed by atoms with Crippen LogP contribution in [0.1, 0.15) is 16.8 Å². The van der Waals surface area contributed by atoms with E-state index in [-0.39, 0.29) is 28.9 Å². The zero-order valence-corrected chi connectivity index (χ0v) is 12.1. The average molecular weight is 345 g/mol. The molecule has 1 atom stereocenters. The van der Waals surface area contributed by atoms with E-state index < -0.39 is 12.1 Å². The predicted octanol–water partition coefficient (Wildman–Crippen LogP) is 0.453. The van der Waals surface area contributed by atoms with Gasteiger partial charge in [-0.15, -0.1) is 0 Å². The van der Waals surface area contributed by atoms with Gasteiger partial charge in [0.1, 0.15) is 0 Å². The summed E-state index contributed by atoms with van der Waals surface area (Å²) in [5, 5.41) is 8.75. The Morgan fingerprint density at radius 3 is 2.95 bits per heavy atom. The lowest BCUT2D eigenvalue weighted by Crippen LogP contribution is -2.46. The molecule has 1 aromatic heterocycles. The summed E-state index contributed by atoms with van der Waals surface area (Å²) >= 11 is 3.07. The van der Waals surface area contributed by atoms with Crippen molar-refractivity contribution in [2.45, 2.75) is 12.5 Å². The molecule has 1 aliphatic heterocycles. The Morgan fingerprint density at radius 2 is 2.30 bits per heavy atom. The summed E-state index contributed by atoms with van der Waals surface area (Å²) in [5.74, 6) is -1.23. The molecule has 0 aliphatic carbocycles. The number of carboxylic acids is 1. The molecule has 2 N–H and O–H groups in total. The maximum Gasteiger partial charge on any atom is 0.306 e. The quantitative estimate of drug-likeness (QED) is 0.829. The number of carbonyl (C=O) groups excluding carboxylic acids is 1. The number of aromatic nitrogens is 1. The van der Waals surface area contributed by atoms with Crippen LogP contribution in [0.5, 0.6) is 0 Å². The number of ether oxygens (including phenoxy) is 1. The van der Waals surface area contributed by atoms with E-state index in [4.69, 9.17) is 9.84 Å². The first-order valence-electron chi connectivity index (χ1n) is 5.98. The van der Waals surface area contributed by atoms with Crippen LogP contribution in [0, 0.1) is 0 Å². The number of aliphatic carboxylic acids is 1. The minimum Gasteiger partial charge on any atom is -0.481 e. The first-order chi connectivity index (χ1) is 9.47. The number of rotatable bonds is 3. The van der Waals surface area contributed by atoms with Crippen molar-refractivity contribution < 1.29 is 19.4 Å². The molecule has 2 rings (SSSR count). The second kappa shape index (κ2) is 6.19. The molecule has 0 radical (unpaired) electrons. The van der Waals surface area contributed by atoms with Gasteiger partial charge in [-0.1, -0.05) is 0 Å². The van der Waals surface area contributed by atoms with Crippen molar-refractivity contribution in [1.82, 2.24) is 9.88 Å². The third-order valence-corrected chi connectivity index (χ3v) is 3.52. The lowest BCUT2D eigenvalue weighted by Gasteiger charge is -2.32. The Balaban J connectivity index is 2.10. The number of hydrogen-bond donors (Lipinski definition) is 2. The minimum absolute atomic E-state index is 0.140. The number of carboxylic acid groups (broad SMARTS) is 1. The minimum atomic E-state index is -0.962. The van der Waals surface area contributed by atoms with Crippen molar-refractivity contribution in [2.24, 2.45) is 0 Å². The number of hydrogen-bond acceptors (Lipinski definition) is 4. The largest absolute Gasteiger partial charge is 0.481 e. The van der Waals surface area contributed by atoms with Gasteiger partial charge in [-0.2, -0.15) is 0 Å². The molecule has 0 saturated carbocycles. The highest BCUT2D eigenvalue weighted by atomic mass is 79.9. The van der Waals surface area contributed by atoms with Gasteiger partial charge in [-0.3, -0.25) is 14.4 Å². The van der Waals surface area contributed by atoms with Crippen molar-refractivity contribution in [1.29, 1.82) is 0 Å². The van der Waals surface area contributed by atoms with E-state index in [2.05, 4.69) is 20.9 Å². The lowest BCUT2D eigenvalue weighted by molar-refractivity contribution is -0.141. The highest BCUT2D eigenvalue weighted by Crippen LogP contribution is 2.13. The third-order valence-electron chi connectivity index (χ3n) is 2.93. The molecule has 0 bridgehead atoms. The molecule has 1 aromatic rings.